The monoisotopic (exact) mass is 800 g/mol. The Labute approximate surface area is 336 Å². The molecular weight excluding hydrogens is 754 g/mol. The largest absolute Gasteiger partial charge is 0.496 e. The Bertz CT molecular complexity index is 2210. The standard InChI is InChI=1S/C43H47Cl2FN6O4/c1-51-35-12-18-52(19-17-42-13-15-43(25-42,16-14-42)41(54)55)24-34(35)49-39(51)40(53)50-32-11-5-10-30(38(32)45)29-9-3-6-26(37(29)44)20-31(46)33-21-36(56-2)27(23-48-33)22-47-28-7-4-8-28/h3,5-6,9-11,20-21,23,28,47H,4,7-8,12-19,22,24-25H2,1-2H3,(H,50,53)(H,54,55)/b31-20-. The molecule has 0 radical (unpaired) electrons. The molecule has 3 N–H and O–H groups in total. The number of nitrogens with zero attached hydrogens (tertiary/aromatic N) is 4. The quantitative estimate of drug-likeness (QED) is 0.123. The van der Waals surface area contributed by atoms with E-state index in [1.54, 1.807) is 55.8 Å². The Morgan fingerprint density at radius 2 is 1.84 bits per heavy atom. The summed E-state index contributed by atoms with van der Waals surface area (Å²) in [6, 6.07) is 12.7. The summed E-state index contributed by atoms with van der Waals surface area (Å²) in [6.07, 6.45) is 12.6. The normalized spacial score (nSPS) is 22.2. The van der Waals surface area contributed by atoms with Crippen molar-refractivity contribution < 1.29 is 23.8 Å². The molecule has 10 nitrogen and oxygen atoms in total. The first-order valence-electron chi connectivity index (χ1n) is 19.5. The summed E-state index contributed by atoms with van der Waals surface area (Å²) in [5.74, 6) is -0.728. The molecule has 8 rings (SSSR count). The van der Waals surface area contributed by atoms with Crippen LogP contribution in [0, 0.1) is 10.8 Å². The van der Waals surface area contributed by atoms with Gasteiger partial charge < -0.3 is 25.0 Å². The predicted molar refractivity (Wildman–Crippen MR) is 216 cm³/mol. The highest BCUT2D eigenvalue weighted by molar-refractivity contribution is 6.39. The van der Waals surface area contributed by atoms with Crippen LogP contribution in [0.2, 0.25) is 10.0 Å². The van der Waals surface area contributed by atoms with Gasteiger partial charge in [0.05, 0.1) is 34.0 Å². The minimum atomic E-state index is -0.631. The number of carbonyl (C=O) groups excluding carboxylic acids is 1. The summed E-state index contributed by atoms with van der Waals surface area (Å²) in [6.45, 7) is 2.99. The van der Waals surface area contributed by atoms with Crippen molar-refractivity contribution in [1.29, 1.82) is 0 Å². The number of pyridine rings is 1. The molecule has 1 aliphatic heterocycles. The third kappa shape index (κ3) is 7.35. The SMILES string of the molecule is COc1cc(/C(F)=C/c2cccc(-c3cccc(NC(=O)c4nc5c(n4C)CCN(CCC46CCC(C(=O)O)(CC4)C6)C5)c3Cl)c2Cl)ncc1CNC1CCC1. The summed E-state index contributed by atoms with van der Waals surface area (Å²) in [5, 5.41) is 16.9. The molecule has 0 atom stereocenters. The van der Waals surface area contributed by atoms with Crippen LogP contribution in [0.1, 0.15) is 96.6 Å². The number of fused-ring (bicyclic) bond motifs is 3. The second-order valence-corrected chi connectivity index (χ2v) is 16.9. The van der Waals surface area contributed by atoms with Crippen molar-refractivity contribution in [2.45, 2.75) is 83.3 Å². The number of imidazole rings is 1. The fourth-order valence-electron chi connectivity index (χ4n) is 9.21. The lowest BCUT2D eigenvalue weighted by molar-refractivity contribution is -0.148. The highest BCUT2D eigenvalue weighted by Crippen LogP contribution is 2.63. The van der Waals surface area contributed by atoms with E-state index in [1.807, 2.05) is 11.6 Å². The maximum atomic E-state index is 15.7. The molecule has 294 valence electrons. The van der Waals surface area contributed by atoms with E-state index in [-0.39, 0.29) is 22.0 Å². The zero-order chi connectivity index (χ0) is 39.2. The number of ether oxygens (including phenoxy) is 1. The topological polar surface area (TPSA) is 122 Å². The molecule has 4 aromatic rings. The number of carbonyl (C=O) groups is 2. The number of hydrogen-bond acceptors (Lipinski definition) is 7. The molecule has 0 spiro atoms. The molecule has 13 heteroatoms. The van der Waals surface area contributed by atoms with Crippen LogP contribution < -0.4 is 15.4 Å². The van der Waals surface area contributed by atoms with Gasteiger partial charge in [-0.2, -0.15) is 0 Å². The molecule has 3 saturated carbocycles. The van der Waals surface area contributed by atoms with Crippen molar-refractivity contribution in [1.82, 2.24) is 24.8 Å². The number of benzene rings is 2. The molecule has 3 heterocycles. The number of carboxylic acids is 1. The summed E-state index contributed by atoms with van der Waals surface area (Å²) in [5.41, 5.74) is 4.52. The highest BCUT2D eigenvalue weighted by atomic mass is 35.5. The van der Waals surface area contributed by atoms with Gasteiger partial charge in [-0.1, -0.05) is 60.0 Å². The van der Waals surface area contributed by atoms with Gasteiger partial charge in [-0.25, -0.2) is 9.37 Å². The number of nitrogens with one attached hydrogen (secondary N) is 2. The summed E-state index contributed by atoms with van der Waals surface area (Å²) < 4.78 is 23.1. The molecule has 4 aliphatic rings. The van der Waals surface area contributed by atoms with Gasteiger partial charge in [-0.05, 0) is 81.0 Å². The van der Waals surface area contributed by atoms with Crippen LogP contribution in [0.5, 0.6) is 5.75 Å². The van der Waals surface area contributed by atoms with Crippen LogP contribution >= 0.6 is 23.2 Å². The molecule has 3 aliphatic carbocycles. The molecule has 3 fully saturated rings. The van der Waals surface area contributed by atoms with Gasteiger partial charge in [0.25, 0.3) is 5.91 Å². The van der Waals surface area contributed by atoms with Gasteiger partial charge >= 0.3 is 5.97 Å². The van der Waals surface area contributed by atoms with Gasteiger partial charge in [-0.3, -0.25) is 19.5 Å². The van der Waals surface area contributed by atoms with Crippen LogP contribution in [0.4, 0.5) is 10.1 Å². The number of amides is 1. The van der Waals surface area contributed by atoms with E-state index in [4.69, 9.17) is 32.9 Å². The van der Waals surface area contributed by atoms with E-state index < -0.39 is 17.2 Å². The molecule has 2 aromatic carbocycles. The molecule has 2 aromatic heterocycles. The first kappa shape index (κ1) is 38.6. The Morgan fingerprint density at radius 1 is 1.09 bits per heavy atom. The Kier molecular flexibility index (Phi) is 10.7. The number of hydrogen-bond donors (Lipinski definition) is 3. The molecule has 0 unspecified atom stereocenters. The molecular formula is C43H47Cl2FN6O4. The van der Waals surface area contributed by atoms with Crippen LogP contribution in [0.3, 0.4) is 0 Å². The smallest absolute Gasteiger partial charge is 0.309 e. The lowest BCUT2D eigenvalue weighted by Crippen LogP contribution is -2.34. The molecule has 1 amide bonds. The van der Waals surface area contributed by atoms with Crippen molar-refractivity contribution in [2.24, 2.45) is 17.9 Å². The van der Waals surface area contributed by atoms with Crippen LogP contribution in [0.25, 0.3) is 23.0 Å². The maximum Gasteiger partial charge on any atom is 0.309 e. The summed E-state index contributed by atoms with van der Waals surface area (Å²) >= 11 is 13.9. The lowest BCUT2D eigenvalue weighted by atomic mass is 9.80. The highest BCUT2D eigenvalue weighted by Gasteiger charge is 2.57. The predicted octanol–water partition coefficient (Wildman–Crippen LogP) is 8.94. The lowest BCUT2D eigenvalue weighted by Gasteiger charge is -2.32. The minimum absolute atomic E-state index is 0.130. The Hall–Kier alpha value is -4.29. The van der Waals surface area contributed by atoms with Gasteiger partial charge in [-0.15, -0.1) is 0 Å². The van der Waals surface area contributed by atoms with Crippen molar-refractivity contribution in [3.63, 3.8) is 0 Å². The molecule has 2 bridgehead atoms. The zero-order valence-corrected chi connectivity index (χ0v) is 33.3. The first-order chi connectivity index (χ1) is 27.0. The number of rotatable bonds is 13. The Balaban J connectivity index is 0.947. The van der Waals surface area contributed by atoms with E-state index in [9.17, 15) is 14.7 Å². The fraction of sp³-hybridized carbons (Fsp3) is 0.442. The number of anilines is 1. The van der Waals surface area contributed by atoms with E-state index in [2.05, 4.69) is 20.5 Å². The average molecular weight is 802 g/mol. The first-order valence-corrected chi connectivity index (χ1v) is 20.3. The summed E-state index contributed by atoms with van der Waals surface area (Å²) in [7, 11) is 3.43. The number of carboxylic acid groups (broad SMARTS) is 1. The van der Waals surface area contributed by atoms with Gasteiger partial charge in [0.1, 0.15) is 17.3 Å². The number of aliphatic carboxylic acids is 1. The van der Waals surface area contributed by atoms with Crippen molar-refractivity contribution in [3.05, 3.63) is 92.7 Å². The van der Waals surface area contributed by atoms with Gasteiger partial charge in [0.15, 0.2) is 5.82 Å². The third-order valence-corrected chi connectivity index (χ3v) is 13.7. The second-order valence-electron chi connectivity index (χ2n) is 16.1. The molecule has 56 heavy (non-hydrogen) atoms. The van der Waals surface area contributed by atoms with E-state index >= 15 is 4.39 Å². The van der Waals surface area contributed by atoms with Crippen LogP contribution in [-0.4, -0.2) is 62.7 Å². The minimum Gasteiger partial charge on any atom is -0.496 e. The maximum absolute atomic E-state index is 15.7. The molecule has 0 saturated heterocycles. The average Bonchev–Trinajstić information content (AvgIpc) is 3.86. The van der Waals surface area contributed by atoms with E-state index in [0.29, 0.717) is 58.1 Å². The Morgan fingerprint density at radius 3 is 2.54 bits per heavy atom. The van der Waals surface area contributed by atoms with Crippen LogP contribution in [-0.2, 0) is 31.4 Å². The summed E-state index contributed by atoms with van der Waals surface area (Å²) in [4.78, 5) is 37.2. The van der Waals surface area contributed by atoms with Gasteiger partial charge in [0, 0.05) is 73.8 Å². The number of halogens is 3. The number of methoxy groups -OCH3 is 1. The number of aromatic nitrogens is 3. The fourth-order valence-corrected chi connectivity index (χ4v) is 9.77. The van der Waals surface area contributed by atoms with Crippen molar-refractivity contribution in [2.75, 3.05) is 25.5 Å². The van der Waals surface area contributed by atoms with E-state index in [0.717, 1.165) is 87.8 Å². The van der Waals surface area contributed by atoms with Crippen molar-refractivity contribution in [3.8, 4) is 16.9 Å². The third-order valence-electron chi connectivity index (χ3n) is 12.9. The van der Waals surface area contributed by atoms with Crippen LogP contribution in [0.15, 0.2) is 48.7 Å². The zero-order valence-electron chi connectivity index (χ0n) is 31.8. The van der Waals surface area contributed by atoms with Gasteiger partial charge in [0.2, 0.25) is 0 Å². The van der Waals surface area contributed by atoms with Crippen molar-refractivity contribution >= 4 is 52.7 Å². The van der Waals surface area contributed by atoms with E-state index in [1.165, 1.54) is 12.5 Å². The second kappa shape index (κ2) is 15.6.